The number of aromatic nitrogens is 1. The third-order valence-electron chi connectivity index (χ3n) is 5.10. The molecule has 0 amide bonds. The second kappa shape index (κ2) is 8.06. The van der Waals surface area contributed by atoms with E-state index >= 15 is 0 Å². The van der Waals surface area contributed by atoms with Gasteiger partial charge in [-0.25, -0.2) is 8.78 Å². The van der Waals surface area contributed by atoms with Crippen LogP contribution in [-0.2, 0) is 12.6 Å². The summed E-state index contributed by atoms with van der Waals surface area (Å²) in [6.45, 7) is 1.73. The second-order valence-corrected chi connectivity index (χ2v) is 7.80. The van der Waals surface area contributed by atoms with Gasteiger partial charge in [0.1, 0.15) is 16.8 Å². The predicted octanol–water partition coefficient (Wildman–Crippen LogP) is 7.29. The van der Waals surface area contributed by atoms with Crippen LogP contribution in [0.2, 0.25) is 5.15 Å². The van der Waals surface area contributed by atoms with Gasteiger partial charge in [-0.1, -0.05) is 41.9 Å². The van der Waals surface area contributed by atoms with Crippen LogP contribution in [0.1, 0.15) is 27.0 Å². The smallest absolute Gasteiger partial charge is 0.300 e. The highest BCUT2D eigenvalue weighted by Gasteiger charge is 2.36. The second-order valence-electron chi connectivity index (χ2n) is 7.41. The van der Waals surface area contributed by atoms with Gasteiger partial charge in [0.15, 0.2) is 5.78 Å². The Balaban J connectivity index is 1.74. The first-order chi connectivity index (χ1) is 15.1. The van der Waals surface area contributed by atoms with Crippen LogP contribution in [0.4, 0.5) is 22.0 Å². The van der Waals surface area contributed by atoms with Crippen molar-refractivity contribution in [3.63, 3.8) is 0 Å². The van der Waals surface area contributed by atoms with E-state index in [0.717, 1.165) is 29.8 Å². The van der Waals surface area contributed by atoms with Crippen molar-refractivity contribution in [3.8, 4) is 11.3 Å². The Hall–Kier alpha value is -3.19. The van der Waals surface area contributed by atoms with E-state index < -0.39 is 34.7 Å². The maximum Gasteiger partial charge on any atom is 0.418 e. The Morgan fingerprint density at radius 1 is 0.969 bits per heavy atom. The van der Waals surface area contributed by atoms with Gasteiger partial charge in [0.25, 0.3) is 0 Å². The van der Waals surface area contributed by atoms with Gasteiger partial charge in [-0.3, -0.25) is 9.20 Å². The van der Waals surface area contributed by atoms with Gasteiger partial charge in [-0.15, -0.1) is 0 Å². The molecule has 0 radical (unpaired) electrons. The van der Waals surface area contributed by atoms with Crippen molar-refractivity contribution < 1.29 is 26.7 Å². The molecule has 2 aromatic heterocycles. The molecule has 0 aliphatic rings. The Morgan fingerprint density at radius 2 is 1.59 bits per heavy atom. The van der Waals surface area contributed by atoms with Gasteiger partial charge >= 0.3 is 6.18 Å². The molecule has 0 aliphatic carbocycles. The van der Waals surface area contributed by atoms with Crippen LogP contribution in [0.3, 0.4) is 0 Å². The molecule has 0 fully saturated rings. The Kier molecular flexibility index (Phi) is 5.54. The van der Waals surface area contributed by atoms with E-state index in [-0.39, 0.29) is 22.8 Å². The molecule has 4 aromatic rings. The molecule has 2 heterocycles. The van der Waals surface area contributed by atoms with E-state index in [1.165, 1.54) is 28.7 Å². The summed E-state index contributed by atoms with van der Waals surface area (Å²) in [4.78, 5) is 12.4. The number of nitrogens with zero attached hydrogens (tertiary/aromatic N) is 1. The van der Waals surface area contributed by atoms with Crippen molar-refractivity contribution in [2.75, 3.05) is 0 Å². The monoisotopic (exact) mass is 463 g/mol. The normalized spacial score (nSPS) is 11.8. The SMILES string of the molecule is Cc1cc(Cl)n2c(-c3ccc(CC(=O)c4c(F)cccc4F)cc3)c(C(F)(F)F)cc2c1. The zero-order chi connectivity index (χ0) is 23.2. The lowest BCUT2D eigenvalue weighted by Crippen LogP contribution is -2.09. The van der Waals surface area contributed by atoms with Crippen molar-refractivity contribution >= 4 is 22.9 Å². The number of halogens is 6. The van der Waals surface area contributed by atoms with Crippen molar-refractivity contribution in [1.82, 2.24) is 4.40 Å². The van der Waals surface area contributed by atoms with E-state index in [1.807, 2.05) is 0 Å². The molecular weight excluding hydrogens is 449 g/mol. The van der Waals surface area contributed by atoms with E-state index in [9.17, 15) is 26.7 Å². The summed E-state index contributed by atoms with van der Waals surface area (Å²) < 4.78 is 70.2. The summed E-state index contributed by atoms with van der Waals surface area (Å²) >= 11 is 6.26. The number of rotatable bonds is 4. The third kappa shape index (κ3) is 4.00. The number of carbonyl (C=O) groups excluding carboxylic acids is 1. The predicted molar refractivity (Wildman–Crippen MR) is 112 cm³/mol. The van der Waals surface area contributed by atoms with E-state index in [1.54, 1.807) is 19.1 Å². The summed E-state index contributed by atoms with van der Waals surface area (Å²) in [5.74, 6) is -2.70. The van der Waals surface area contributed by atoms with Gasteiger partial charge in [-0.05, 0) is 53.9 Å². The van der Waals surface area contributed by atoms with Gasteiger partial charge < -0.3 is 0 Å². The Labute approximate surface area is 184 Å². The molecule has 0 N–H and O–H groups in total. The van der Waals surface area contributed by atoms with Gasteiger partial charge in [0.05, 0.1) is 16.8 Å². The van der Waals surface area contributed by atoms with Crippen molar-refractivity contribution in [2.45, 2.75) is 19.5 Å². The minimum absolute atomic E-state index is 0.125. The summed E-state index contributed by atoms with van der Waals surface area (Å²) in [5, 5.41) is 0.125. The molecule has 0 unspecified atom stereocenters. The number of benzene rings is 2. The molecule has 0 spiro atoms. The standard InChI is InChI=1S/C24H15ClF5NO/c1-13-9-16-12-17(24(28,29)30)23(31(16)21(25)10-13)15-7-5-14(6-8-15)11-20(32)22-18(26)3-2-4-19(22)27/h2-10,12H,11H2,1H3. The first kappa shape index (κ1) is 22.0. The van der Waals surface area contributed by atoms with Crippen LogP contribution in [-0.4, -0.2) is 10.2 Å². The maximum atomic E-state index is 13.8. The number of aryl methyl sites for hydroxylation is 1. The molecular formula is C24H15ClF5NO. The van der Waals surface area contributed by atoms with Crippen LogP contribution in [0, 0.1) is 18.6 Å². The lowest BCUT2D eigenvalue weighted by atomic mass is 9.99. The molecule has 2 aromatic carbocycles. The summed E-state index contributed by atoms with van der Waals surface area (Å²) in [7, 11) is 0. The third-order valence-corrected chi connectivity index (χ3v) is 5.38. The zero-order valence-corrected chi connectivity index (χ0v) is 17.4. The number of Topliss-reactive ketones (excluding diaryl/α,β-unsaturated/α-hetero) is 1. The lowest BCUT2D eigenvalue weighted by molar-refractivity contribution is -0.137. The first-order valence-corrected chi connectivity index (χ1v) is 9.89. The molecule has 32 heavy (non-hydrogen) atoms. The number of fused-ring (bicyclic) bond motifs is 1. The van der Waals surface area contributed by atoms with Crippen LogP contribution >= 0.6 is 11.6 Å². The fourth-order valence-electron chi connectivity index (χ4n) is 3.71. The minimum atomic E-state index is -4.62. The first-order valence-electron chi connectivity index (χ1n) is 9.51. The number of carbonyl (C=O) groups is 1. The lowest BCUT2D eigenvalue weighted by Gasteiger charge is -2.12. The average Bonchev–Trinajstić information content (AvgIpc) is 3.08. The number of alkyl halides is 3. The van der Waals surface area contributed by atoms with Crippen LogP contribution in [0.5, 0.6) is 0 Å². The van der Waals surface area contributed by atoms with Gasteiger partial charge in [0.2, 0.25) is 0 Å². The molecule has 0 bridgehead atoms. The highest BCUT2D eigenvalue weighted by Crippen LogP contribution is 2.41. The van der Waals surface area contributed by atoms with Crippen molar-refractivity contribution in [2.24, 2.45) is 0 Å². The number of hydrogen-bond acceptors (Lipinski definition) is 1. The molecule has 8 heteroatoms. The van der Waals surface area contributed by atoms with Crippen molar-refractivity contribution in [3.05, 3.63) is 99.7 Å². The zero-order valence-electron chi connectivity index (χ0n) is 16.6. The molecule has 164 valence electrons. The maximum absolute atomic E-state index is 13.8. The van der Waals surface area contributed by atoms with E-state index in [4.69, 9.17) is 11.6 Å². The summed E-state index contributed by atoms with van der Waals surface area (Å²) in [6, 6.07) is 13.1. The summed E-state index contributed by atoms with van der Waals surface area (Å²) in [6.07, 6.45) is -4.92. The van der Waals surface area contributed by atoms with Crippen LogP contribution < -0.4 is 0 Å². The Morgan fingerprint density at radius 3 is 2.19 bits per heavy atom. The minimum Gasteiger partial charge on any atom is -0.300 e. The number of ketones is 1. The molecule has 0 aliphatic heterocycles. The van der Waals surface area contributed by atoms with Crippen molar-refractivity contribution in [1.29, 1.82) is 0 Å². The van der Waals surface area contributed by atoms with E-state index in [0.29, 0.717) is 11.1 Å². The highest BCUT2D eigenvalue weighted by molar-refractivity contribution is 6.30. The highest BCUT2D eigenvalue weighted by atomic mass is 35.5. The molecule has 4 rings (SSSR count). The molecule has 0 saturated heterocycles. The largest absolute Gasteiger partial charge is 0.418 e. The van der Waals surface area contributed by atoms with Crippen LogP contribution in [0.25, 0.3) is 16.8 Å². The quantitative estimate of drug-likeness (QED) is 0.177. The topological polar surface area (TPSA) is 21.5 Å². The fourth-order valence-corrected chi connectivity index (χ4v) is 4.07. The van der Waals surface area contributed by atoms with Gasteiger partial charge in [-0.2, -0.15) is 13.2 Å². The van der Waals surface area contributed by atoms with Gasteiger partial charge in [0, 0.05) is 11.9 Å². The van der Waals surface area contributed by atoms with E-state index in [2.05, 4.69) is 0 Å². The average molecular weight is 464 g/mol. The summed E-state index contributed by atoms with van der Waals surface area (Å²) in [5.41, 5.74) is 0.0312. The number of hydrogen-bond donors (Lipinski definition) is 0. The number of pyridine rings is 1. The Bertz CT molecular complexity index is 1320. The molecule has 0 saturated carbocycles. The molecule has 0 atom stereocenters. The fraction of sp³-hybridized carbons (Fsp3) is 0.125. The van der Waals surface area contributed by atoms with Crippen LogP contribution in [0.15, 0.2) is 60.7 Å². The molecule has 2 nitrogen and oxygen atoms in total.